The van der Waals surface area contributed by atoms with Crippen LogP contribution in [0.15, 0.2) is 0 Å². The fourth-order valence-corrected chi connectivity index (χ4v) is 1.10. The van der Waals surface area contributed by atoms with Gasteiger partial charge >= 0.3 is 0 Å². The van der Waals surface area contributed by atoms with Gasteiger partial charge in [-0.1, -0.05) is 13.8 Å². The van der Waals surface area contributed by atoms with Crippen molar-refractivity contribution in [1.29, 1.82) is 5.26 Å². The van der Waals surface area contributed by atoms with E-state index in [9.17, 15) is 0 Å². The van der Waals surface area contributed by atoms with Gasteiger partial charge in [-0.25, -0.2) is 0 Å². The molecule has 0 aliphatic rings. The molecule has 12 heavy (non-hydrogen) atoms. The van der Waals surface area contributed by atoms with Gasteiger partial charge in [0.1, 0.15) is 0 Å². The average Bonchev–Trinajstić information content (AvgIpc) is 2.00. The molecule has 2 nitrogen and oxygen atoms in total. The first-order chi connectivity index (χ1) is 5.56. The summed E-state index contributed by atoms with van der Waals surface area (Å²) in [4.78, 5) is 0. The van der Waals surface area contributed by atoms with Gasteiger partial charge in [-0.15, -0.1) is 0 Å². The van der Waals surface area contributed by atoms with E-state index >= 15 is 0 Å². The number of hydrogen-bond donors (Lipinski definition) is 1. The number of nitrogens with zero attached hydrogens (tertiary/aromatic N) is 1. The predicted molar refractivity (Wildman–Crippen MR) is 51.7 cm³/mol. The highest BCUT2D eigenvalue weighted by atomic mass is 14.9. The molecular weight excluding hydrogens is 148 g/mol. The van der Waals surface area contributed by atoms with E-state index in [0.29, 0.717) is 12.0 Å². The van der Waals surface area contributed by atoms with E-state index < -0.39 is 0 Å². The van der Waals surface area contributed by atoms with Crippen LogP contribution >= 0.6 is 0 Å². The van der Waals surface area contributed by atoms with Crippen LogP contribution in [0.4, 0.5) is 0 Å². The summed E-state index contributed by atoms with van der Waals surface area (Å²) >= 11 is 0. The number of hydrogen-bond acceptors (Lipinski definition) is 2. The fraction of sp³-hybridized carbons (Fsp3) is 0.900. The lowest BCUT2D eigenvalue weighted by Gasteiger charge is -2.16. The Morgan fingerprint density at radius 3 is 2.25 bits per heavy atom. The van der Waals surface area contributed by atoms with Crippen LogP contribution in [0.3, 0.4) is 0 Å². The topological polar surface area (TPSA) is 35.8 Å². The number of nitrogens with one attached hydrogen (secondary N) is 1. The van der Waals surface area contributed by atoms with Crippen LogP contribution in [0.2, 0.25) is 0 Å². The minimum absolute atomic E-state index is 0.166. The van der Waals surface area contributed by atoms with Crippen LogP contribution in [0.5, 0.6) is 0 Å². The lowest BCUT2D eigenvalue weighted by Crippen LogP contribution is -2.30. The molecule has 2 atom stereocenters. The van der Waals surface area contributed by atoms with E-state index in [2.05, 4.69) is 32.2 Å². The van der Waals surface area contributed by atoms with Crippen LogP contribution in [0.1, 0.15) is 34.1 Å². The second kappa shape index (κ2) is 6.02. The fourth-order valence-electron chi connectivity index (χ4n) is 1.10. The molecule has 0 amide bonds. The van der Waals surface area contributed by atoms with Gasteiger partial charge in [-0.05, 0) is 32.7 Å². The molecule has 0 bridgehead atoms. The maximum Gasteiger partial charge on any atom is 0.0653 e. The Hall–Kier alpha value is -0.550. The van der Waals surface area contributed by atoms with Crippen molar-refractivity contribution in [2.75, 3.05) is 6.54 Å². The Morgan fingerprint density at radius 1 is 1.25 bits per heavy atom. The lowest BCUT2D eigenvalue weighted by atomic mass is 10.0. The molecule has 1 N–H and O–H groups in total. The standard InChI is InChI=1S/C10H20N2/c1-8(2)7-12-10(4)5-9(3)6-11/h8-10,12H,5,7H2,1-4H3. The van der Waals surface area contributed by atoms with Gasteiger partial charge < -0.3 is 5.32 Å². The molecule has 70 valence electrons. The first-order valence-electron chi connectivity index (χ1n) is 4.69. The summed E-state index contributed by atoms with van der Waals surface area (Å²) in [5.41, 5.74) is 0. The van der Waals surface area contributed by atoms with Crippen LogP contribution in [0.25, 0.3) is 0 Å². The molecule has 0 aliphatic heterocycles. The Morgan fingerprint density at radius 2 is 1.83 bits per heavy atom. The molecule has 0 saturated carbocycles. The van der Waals surface area contributed by atoms with E-state index in [1.807, 2.05) is 6.92 Å². The first-order valence-corrected chi connectivity index (χ1v) is 4.69. The SMILES string of the molecule is CC(C)CNC(C)CC(C)C#N. The molecule has 0 heterocycles. The third-order valence-corrected chi connectivity index (χ3v) is 1.80. The average molecular weight is 168 g/mol. The summed E-state index contributed by atoms with van der Waals surface area (Å²) in [6.45, 7) is 9.52. The Bertz CT molecular complexity index is 146. The molecule has 2 heteroatoms. The maximum absolute atomic E-state index is 8.58. The summed E-state index contributed by atoms with van der Waals surface area (Å²) < 4.78 is 0. The minimum atomic E-state index is 0.166. The van der Waals surface area contributed by atoms with E-state index in [4.69, 9.17) is 5.26 Å². The second-order valence-electron chi connectivity index (χ2n) is 3.97. The van der Waals surface area contributed by atoms with E-state index in [1.165, 1.54) is 0 Å². The molecule has 0 fully saturated rings. The number of rotatable bonds is 5. The summed E-state index contributed by atoms with van der Waals surface area (Å²) in [5.74, 6) is 0.851. The monoisotopic (exact) mass is 168 g/mol. The van der Waals surface area contributed by atoms with Crippen LogP contribution < -0.4 is 5.32 Å². The van der Waals surface area contributed by atoms with Gasteiger partial charge in [0.15, 0.2) is 0 Å². The first kappa shape index (κ1) is 11.4. The summed E-state index contributed by atoms with van der Waals surface area (Å²) in [6.07, 6.45) is 0.948. The van der Waals surface area contributed by atoms with Gasteiger partial charge in [0.25, 0.3) is 0 Å². The van der Waals surface area contributed by atoms with E-state index in [-0.39, 0.29) is 5.92 Å². The normalized spacial score (nSPS) is 15.7. The Balaban J connectivity index is 3.47. The maximum atomic E-state index is 8.58. The Kier molecular flexibility index (Phi) is 5.74. The zero-order valence-electron chi connectivity index (χ0n) is 8.59. The van der Waals surface area contributed by atoms with Crippen LogP contribution in [-0.4, -0.2) is 12.6 Å². The van der Waals surface area contributed by atoms with Gasteiger partial charge in [-0.2, -0.15) is 5.26 Å². The molecule has 0 aromatic rings. The van der Waals surface area contributed by atoms with Crippen molar-refractivity contribution in [3.8, 4) is 6.07 Å². The lowest BCUT2D eigenvalue weighted by molar-refractivity contribution is 0.436. The molecule has 0 aromatic heterocycles. The summed E-state index contributed by atoms with van der Waals surface area (Å²) in [7, 11) is 0. The van der Waals surface area contributed by atoms with E-state index in [0.717, 1.165) is 13.0 Å². The molecule has 0 radical (unpaired) electrons. The van der Waals surface area contributed by atoms with Crippen molar-refractivity contribution in [3.05, 3.63) is 0 Å². The third-order valence-electron chi connectivity index (χ3n) is 1.80. The van der Waals surface area contributed by atoms with Crippen LogP contribution in [0, 0.1) is 23.2 Å². The van der Waals surface area contributed by atoms with Crippen molar-refractivity contribution in [2.45, 2.75) is 40.2 Å². The zero-order valence-corrected chi connectivity index (χ0v) is 8.59. The molecule has 0 spiro atoms. The highest BCUT2D eigenvalue weighted by Crippen LogP contribution is 2.04. The minimum Gasteiger partial charge on any atom is -0.314 e. The second-order valence-corrected chi connectivity index (χ2v) is 3.97. The largest absolute Gasteiger partial charge is 0.314 e. The van der Waals surface area contributed by atoms with Gasteiger partial charge in [-0.3, -0.25) is 0 Å². The number of nitriles is 1. The van der Waals surface area contributed by atoms with Gasteiger partial charge in [0.05, 0.1) is 6.07 Å². The predicted octanol–water partition coefficient (Wildman–Crippen LogP) is 2.17. The quantitative estimate of drug-likeness (QED) is 0.683. The van der Waals surface area contributed by atoms with Gasteiger partial charge in [0, 0.05) is 12.0 Å². The van der Waals surface area contributed by atoms with Crippen LogP contribution in [-0.2, 0) is 0 Å². The van der Waals surface area contributed by atoms with Crippen molar-refractivity contribution in [3.63, 3.8) is 0 Å². The zero-order chi connectivity index (χ0) is 9.56. The molecule has 2 unspecified atom stereocenters. The van der Waals surface area contributed by atoms with Crippen molar-refractivity contribution < 1.29 is 0 Å². The van der Waals surface area contributed by atoms with Crippen molar-refractivity contribution >= 4 is 0 Å². The van der Waals surface area contributed by atoms with Crippen molar-refractivity contribution in [2.24, 2.45) is 11.8 Å². The Labute approximate surface area is 76.0 Å². The highest BCUT2D eigenvalue weighted by Gasteiger charge is 2.07. The molecule has 0 aromatic carbocycles. The smallest absolute Gasteiger partial charge is 0.0653 e. The highest BCUT2D eigenvalue weighted by molar-refractivity contribution is 4.81. The molecule has 0 rings (SSSR count). The third kappa shape index (κ3) is 6.18. The van der Waals surface area contributed by atoms with Crippen molar-refractivity contribution in [1.82, 2.24) is 5.32 Å². The van der Waals surface area contributed by atoms with E-state index in [1.54, 1.807) is 0 Å². The molecular formula is C10H20N2. The summed E-state index contributed by atoms with van der Waals surface area (Å²) in [6, 6.07) is 2.70. The summed E-state index contributed by atoms with van der Waals surface area (Å²) in [5, 5.41) is 12.0. The molecule has 0 saturated heterocycles. The van der Waals surface area contributed by atoms with Gasteiger partial charge in [0.2, 0.25) is 0 Å². The molecule has 0 aliphatic carbocycles.